The number of ether oxygens (including phenoxy) is 1. The van der Waals surface area contributed by atoms with Crippen LogP contribution < -0.4 is 5.32 Å². The zero-order chi connectivity index (χ0) is 20.2. The number of aromatic amines is 1. The first-order valence-corrected chi connectivity index (χ1v) is 11.6. The summed E-state index contributed by atoms with van der Waals surface area (Å²) in [5.41, 5.74) is 3.98. The summed E-state index contributed by atoms with van der Waals surface area (Å²) in [5, 5.41) is 15.4. The van der Waals surface area contributed by atoms with Gasteiger partial charge in [-0.05, 0) is 62.1 Å². The second-order valence-electron chi connectivity index (χ2n) is 9.71. The lowest BCUT2D eigenvalue weighted by molar-refractivity contribution is -0.167. The number of fused-ring (bicyclic) bond motifs is 6. The highest BCUT2D eigenvalue weighted by Crippen LogP contribution is 2.49. The average Bonchev–Trinajstić information content (AvgIpc) is 3.39. The number of nitrogens with one attached hydrogen (secondary N) is 2. The summed E-state index contributed by atoms with van der Waals surface area (Å²) in [6, 6.07) is 8.87. The van der Waals surface area contributed by atoms with Gasteiger partial charge in [-0.1, -0.05) is 18.2 Å². The van der Waals surface area contributed by atoms with E-state index in [1.165, 1.54) is 22.2 Å². The number of hydrogen-bond donors (Lipinski definition) is 3. The third kappa shape index (κ3) is 3.00. The summed E-state index contributed by atoms with van der Waals surface area (Å²) in [4.78, 5) is 19.4. The van der Waals surface area contributed by atoms with Crippen LogP contribution in [0.1, 0.15) is 43.0 Å². The first-order valence-electron chi connectivity index (χ1n) is 11.6. The molecular weight excluding hydrogens is 378 g/mol. The van der Waals surface area contributed by atoms with Crippen molar-refractivity contribution in [1.82, 2.24) is 15.2 Å². The van der Waals surface area contributed by atoms with E-state index < -0.39 is 6.10 Å². The monoisotopic (exact) mass is 409 g/mol. The number of aliphatic hydroxyl groups is 1. The number of aromatic nitrogens is 1. The lowest BCUT2D eigenvalue weighted by Crippen LogP contribution is -2.53. The zero-order valence-electron chi connectivity index (χ0n) is 17.3. The predicted molar refractivity (Wildman–Crippen MR) is 114 cm³/mol. The molecule has 4 aliphatic rings. The molecule has 1 saturated carbocycles. The Balaban J connectivity index is 1.30. The molecule has 4 heterocycles. The summed E-state index contributed by atoms with van der Waals surface area (Å²) in [5.74, 6) is 0.0948. The molecule has 0 unspecified atom stereocenters. The molecule has 0 bridgehead atoms. The molecular formula is C24H31N3O3. The smallest absolute Gasteiger partial charge is 0.312 e. The van der Waals surface area contributed by atoms with Crippen molar-refractivity contribution in [2.75, 3.05) is 26.2 Å². The van der Waals surface area contributed by atoms with Crippen molar-refractivity contribution in [3.63, 3.8) is 0 Å². The molecule has 0 spiro atoms. The summed E-state index contributed by atoms with van der Waals surface area (Å²) >= 11 is 0. The highest BCUT2D eigenvalue weighted by molar-refractivity contribution is 5.85. The Bertz CT molecular complexity index is 950. The second-order valence-corrected chi connectivity index (χ2v) is 9.71. The van der Waals surface area contributed by atoms with Gasteiger partial charge in [-0.15, -0.1) is 0 Å². The molecule has 1 aliphatic carbocycles. The van der Waals surface area contributed by atoms with Crippen LogP contribution in [0.15, 0.2) is 24.3 Å². The van der Waals surface area contributed by atoms with Crippen LogP contribution in [0.2, 0.25) is 0 Å². The Morgan fingerprint density at radius 3 is 2.97 bits per heavy atom. The van der Waals surface area contributed by atoms with E-state index in [4.69, 9.17) is 4.74 Å². The first kappa shape index (κ1) is 18.8. The zero-order valence-corrected chi connectivity index (χ0v) is 17.3. The number of piperidine rings is 1. The van der Waals surface area contributed by atoms with Crippen molar-refractivity contribution in [3.05, 3.63) is 35.5 Å². The number of aliphatic hydroxyl groups excluding tert-OH is 1. The van der Waals surface area contributed by atoms with Gasteiger partial charge in [0.15, 0.2) is 0 Å². The van der Waals surface area contributed by atoms with Crippen LogP contribution in [0.25, 0.3) is 10.9 Å². The number of carbonyl (C=O) groups excluding carboxylic acids is 1. The minimum absolute atomic E-state index is 0.0415. The molecule has 2 aromatic rings. The van der Waals surface area contributed by atoms with E-state index >= 15 is 0 Å². The number of carbonyl (C=O) groups is 1. The minimum atomic E-state index is -0.578. The van der Waals surface area contributed by atoms with Gasteiger partial charge in [0, 0.05) is 36.2 Å². The van der Waals surface area contributed by atoms with Gasteiger partial charge in [-0.3, -0.25) is 9.69 Å². The van der Waals surface area contributed by atoms with Gasteiger partial charge >= 0.3 is 5.97 Å². The molecule has 160 valence electrons. The Morgan fingerprint density at radius 2 is 2.10 bits per heavy atom. The molecule has 6 nitrogen and oxygen atoms in total. The highest BCUT2D eigenvalue weighted by Gasteiger charge is 2.50. The van der Waals surface area contributed by atoms with Gasteiger partial charge in [-0.25, -0.2) is 0 Å². The van der Waals surface area contributed by atoms with E-state index in [2.05, 4.69) is 39.5 Å². The molecule has 3 aliphatic heterocycles. The van der Waals surface area contributed by atoms with Crippen molar-refractivity contribution in [3.8, 4) is 0 Å². The minimum Gasteiger partial charge on any atom is -0.461 e. The van der Waals surface area contributed by atoms with Gasteiger partial charge in [-0.2, -0.15) is 0 Å². The third-order valence-corrected chi connectivity index (χ3v) is 8.12. The molecule has 0 radical (unpaired) electrons. The maximum Gasteiger partial charge on any atom is 0.312 e. The van der Waals surface area contributed by atoms with Crippen LogP contribution >= 0.6 is 0 Å². The van der Waals surface area contributed by atoms with Crippen LogP contribution in [-0.4, -0.2) is 59.3 Å². The number of esters is 1. The average molecular weight is 410 g/mol. The fourth-order valence-corrected chi connectivity index (χ4v) is 6.64. The first-order chi connectivity index (χ1) is 14.7. The van der Waals surface area contributed by atoms with Gasteiger partial charge in [0.1, 0.15) is 6.10 Å². The molecule has 1 aromatic heterocycles. The standard InChI is InChI=1S/C24H31N3O3/c28-21-6-5-14-13-27-10-8-17-16-3-1-2-4-19(16)26-23(17)20(27)11-18(14)22(21)24(29)30-15-7-9-25-12-15/h1-4,14-15,18,20-22,25-26,28H,5-13H2/t14-,15-,18-,20-,21-,22+/m0/s1. The highest BCUT2D eigenvalue weighted by atomic mass is 16.5. The van der Waals surface area contributed by atoms with Gasteiger partial charge < -0.3 is 20.1 Å². The molecule has 6 heteroatoms. The van der Waals surface area contributed by atoms with Crippen LogP contribution in [0, 0.1) is 17.8 Å². The largest absolute Gasteiger partial charge is 0.461 e. The lowest BCUT2D eigenvalue weighted by Gasteiger charge is -2.51. The maximum atomic E-state index is 13.1. The third-order valence-electron chi connectivity index (χ3n) is 8.12. The van der Waals surface area contributed by atoms with Crippen LogP contribution in [0.3, 0.4) is 0 Å². The molecule has 3 fully saturated rings. The van der Waals surface area contributed by atoms with Crippen LogP contribution in [-0.2, 0) is 16.0 Å². The number of hydrogen-bond acceptors (Lipinski definition) is 5. The summed E-state index contributed by atoms with van der Waals surface area (Å²) in [6.45, 7) is 3.73. The van der Waals surface area contributed by atoms with E-state index in [0.717, 1.165) is 51.9 Å². The van der Waals surface area contributed by atoms with Crippen LogP contribution in [0.4, 0.5) is 0 Å². The summed E-state index contributed by atoms with van der Waals surface area (Å²) in [7, 11) is 0. The maximum absolute atomic E-state index is 13.1. The van der Waals surface area contributed by atoms with E-state index in [-0.39, 0.29) is 23.9 Å². The van der Waals surface area contributed by atoms with E-state index in [0.29, 0.717) is 18.4 Å². The number of H-pyrrole nitrogens is 1. The summed E-state index contributed by atoms with van der Waals surface area (Å²) in [6.07, 6.45) is 3.96. The molecule has 0 amide bonds. The number of para-hydroxylation sites is 1. The number of rotatable bonds is 2. The Kier molecular flexibility index (Phi) is 4.62. The molecule has 30 heavy (non-hydrogen) atoms. The van der Waals surface area contributed by atoms with Crippen molar-refractivity contribution >= 4 is 16.9 Å². The number of nitrogens with zero attached hydrogens (tertiary/aromatic N) is 1. The number of benzene rings is 1. The van der Waals surface area contributed by atoms with Crippen molar-refractivity contribution in [2.45, 2.75) is 50.4 Å². The molecule has 6 rings (SSSR count). The fraction of sp³-hybridized carbons (Fsp3) is 0.625. The van der Waals surface area contributed by atoms with Gasteiger partial charge in [0.25, 0.3) is 0 Å². The SMILES string of the molecule is O=C(O[C@H]1CCNC1)[C@@H]1[C@H]2C[C@H]3c4[nH]c5ccccc5c4CCN3C[C@@H]2CC[C@@H]1O. The van der Waals surface area contributed by atoms with E-state index in [9.17, 15) is 9.90 Å². The summed E-state index contributed by atoms with van der Waals surface area (Å²) < 4.78 is 5.84. The lowest BCUT2D eigenvalue weighted by atomic mass is 9.65. The Hall–Kier alpha value is -1.89. The van der Waals surface area contributed by atoms with Crippen molar-refractivity contribution in [1.29, 1.82) is 0 Å². The fourth-order valence-electron chi connectivity index (χ4n) is 6.64. The molecule has 2 saturated heterocycles. The molecule has 6 atom stereocenters. The van der Waals surface area contributed by atoms with Crippen molar-refractivity contribution < 1.29 is 14.6 Å². The van der Waals surface area contributed by atoms with Crippen LogP contribution in [0.5, 0.6) is 0 Å². The van der Waals surface area contributed by atoms with Gasteiger partial charge in [0.05, 0.1) is 18.1 Å². The Labute approximate surface area is 177 Å². The normalized spacial score (nSPS) is 36.2. The second kappa shape index (κ2) is 7.36. The van der Waals surface area contributed by atoms with Crippen molar-refractivity contribution in [2.24, 2.45) is 17.8 Å². The van der Waals surface area contributed by atoms with E-state index in [1.807, 2.05) is 0 Å². The predicted octanol–water partition coefficient (Wildman–Crippen LogP) is 2.38. The topological polar surface area (TPSA) is 77.6 Å². The Morgan fingerprint density at radius 1 is 1.20 bits per heavy atom. The molecule has 3 N–H and O–H groups in total. The molecule has 1 aromatic carbocycles. The van der Waals surface area contributed by atoms with Gasteiger partial charge in [0.2, 0.25) is 0 Å². The van der Waals surface area contributed by atoms with E-state index in [1.54, 1.807) is 0 Å². The quantitative estimate of drug-likeness (QED) is 0.664.